The largest absolute Gasteiger partial charge is 0.431 e. The summed E-state index contributed by atoms with van der Waals surface area (Å²) in [7, 11) is 0. The Hall–Kier alpha value is -3.06. The van der Waals surface area contributed by atoms with Gasteiger partial charge in [-0.1, -0.05) is 54.2 Å². The summed E-state index contributed by atoms with van der Waals surface area (Å²) in [5.41, 5.74) is 5.17. The summed E-state index contributed by atoms with van der Waals surface area (Å²) in [6, 6.07) is 15.7. The molecule has 2 aromatic carbocycles. The Morgan fingerprint density at radius 2 is 1.97 bits per heavy atom. The molecule has 0 aliphatic heterocycles. The second-order valence-electron chi connectivity index (χ2n) is 7.33. The van der Waals surface area contributed by atoms with Crippen molar-refractivity contribution >= 4 is 34.5 Å². The van der Waals surface area contributed by atoms with Crippen molar-refractivity contribution in [3.8, 4) is 0 Å². The summed E-state index contributed by atoms with van der Waals surface area (Å²) in [6.07, 6.45) is 0.345. The molecule has 2 heterocycles. The van der Waals surface area contributed by atoms with E-state index in [0.717, 1.165) is 28.3 Å². The van der Waals surface area contributed by atoms with Gasteiger partial charge in [-0.25, -0.2) is 4.98 Å². The Labute approximate surface area is 179 Å². The molecule has 0 spiro atoms. The molecule has 0 radical (unpaired) electrons. The monoisotopic (exact) mass is 421 g/mol. The number of hydrogen-bond acceptors (Lipinski definition) is 6. The van der Waals surface area contributed by atoms with Crippen molar-refractivity contribution in [2.75, 3.05) is 5.32 Å². The lowest BCUT2D eigenvalue weighted by Crippen LogP contribution is -2.14. The minimum atomic E-state index is -0.0657. The first-order valence-corrected chi connectivity index (χ1v) is 10.8. The number of oxazole rings is 1. The van der Waals surface area contributed by atoms with Crippen molar-refractivity contribution < 1.29 is 13.7 Å². The molecule has 7 heteroatoms. The highest BCUT2D eigenvalue weighted by atomic mass is 32.2. The van der Waals surface area contributed by atoms with E-state index in [0.29, 0.717) is 22.9 Å². The molecule has 2 aromatic heterocycles. The van der Waals surface area contributed by atoms with Crippen LogP contribution in [-0.4, -0.2) is 16.0 Å². The molecule has 0 saturated carbocycles. The molecule has 154 valence electrons. The fourth-order valence-electron chi connectivity index (χ4n) is 3.55. The fourth-order valence-corrected chi connectivity index (χ4v) is 4.35. The number of amides is 1. The molecule has 0 aliphatic carbocycles. The van der Waals surface area contributed by atoms with Crippen molar-refractivity contribution in [3.05, 3.63) is 71.1 Å². The Kier molecular flexibility index (Phi) is 5.90. The van der Waals surface area contributed by atoms with E-state index in [9.17, 15) is 4.79 Å². The molecule has 4 rings (SSSR count). The average Bonchev–Trinajstić information content (AvgIpc) is 3.29. The second-order valence-corrected chi connectivity index (χ2v) is 8.25. The van der Waals surface area contributed by atoms with E-state index in [4.69, 9.17) is 8.94 Å². The minimum Gasteiger partial charge on any atom is -0.431 e. The highest BCUT2D eigenvalue weighted by molar-refractivity contribution is 7.98. The number of aryl methyl sites for hydroxylation is 2. The highest BCUT2D eigenvalue weighted by Gasteiger charge is 2.19. The van der Waals surface area contributed by atoms with Gasteiger partial charge in [0.15, 0.2) is 5.58 Å². The zero-order valence-electron chi connectivity index (χ0n) is 17.1. The number of fused-ring (bicyclic) bond motifs is 1. The van der Waals surface area contributed by atoms with Gasteiger partial charge >= 0.3 is 0 Å². The van der Waals surface area contributed by atoms with Crippen LogP contribution in [0.1, 0.15) is 41.8 Å². The first-order valence-electron chi connectivity index (χ1n) is 9.79. The molecule has 1 N–H and O–H groups in total. The standard InChI is InChI=1S/C23H23N3O3S/c1-14(22-15(2)26-29-16(22)3)11-21(27)24-18-9-10-20-19(12-18)25-23(28-20)30-13-17-7-5-4-6-8-17/h4-10,12,14H,11,13H2,1-3H3,(H,24,27)/t14-/m1/s1. The van der Waals surface area contributed by atoms with Crippen molar-refractivity contribution in [3.63, 3.8) is 0 Å². The molecule has 6 nitrogen and oxygen atoms in total. The number of hydrogen-bond donors (Lipinski definition) is 1. The predicted molar refractivity (Wildman–Crippen MR) is 118 cm³/mol. The van der Waals surface area contributed by atoms with Crippen LogP contribution in [-0.2, 0) is 10.5 Å². The molecule has 0 bridgehead atoms. The summed E-state index contributed by atoms with van der Waals surface area (Å²) in [5.74, 6) is 1.51. The van der Waals surface area contributed by atoms with Gasteiger partial charge in [0.05, 0.1) is 5.69 Å². The van der Waals surface area contributed by atoms with Crippen LogP contribution in [0.3, 0.4) is 0 Å². The summed E-state index contributed by atoms with van der Waals surface area (Å²) < 4.78 is 11.0. The Morgan fingerprint density at radius 1 is 1.17 bits per heavy atom. The van der Waals surface area contributed by atoms with Crippen LogP contribution in [0.25, 0.3) is 11.1 Å². The van der Waals surface area contributed by atoms with Gasteiger partial charge in [-0.15, -0.1) is 0 Å². The SMILES string of the molecule is Cc1noc(C)c1[C@H](C)CC(=O)Nc1ccc2oc(SCc3ccccc3)nc2c1. The first kappa shape index (κ1) is 20.2. The topological polar surface area (TPSA) is 81.2 Å². The van der Waals surface area contributed by atoms with Gasteiger partial charge in [0.25, 0.3) is 5.22 Å². The maximum absolute atomic E-state index is 12.5. The number of anilines is 1. The van der Waals surface area contributed by atoms with Crippen molar-refractivity contribution in [1.29, 1.82) is 0 Å². The molecule has 1 atom stereocenters. The summed E-state index contributed by atoms with van der Waals surface area (Å²) >= 11 is 1.55. The highest BCUT2D eigenvalue weighted by Crippen LogP contribution is 2.29. The number of carbonyl (C=O) groups excluding carboxylic acids is 1. The molecule has 30 heavy (non-hydrogen) atoms. The van der Waals surface area contributed by atoms with Crippen LogP contribution in [0, 0.1) is 13.8 Å². The van der Waals surface area contributed by atoms with Crippen molar-refractivity contribution in [1.82, 2.24) is 10.1 Å². The van der Waals surface area contributed by atoms with Gasteiger partial charge in [0, 0.05) is 23.4 Å². The molecule has 0 unspecified atom stereocenters. The van der Waals surface area contributed by atoms with Crippen molar-refractivity contribution in [2.24, 2.45) is 0 Å². The third-order valence-corrected chi connectivity index (χ3v) is 5.83. The molecule has 4 aromatic rings. The summed E-state index contributed by atoms with van der Waals surface area (Å²) in [5, 5.41) is 7.54. The number of nitrogens with zero attached hydrogens (tertiary/aromatic N) is 2. The van der Waals surface area contributed by atoms with E-state index in [1.807, 2.05) is 57.2 Å². The minimum absolute atomic E-state index is 0.0213. The van der Waals surface area contributed by atoms with E-state index in [1.165, 1.54) is 5.56 Å². The molecule has 0 saturated heterocycles. The Bertz CT molecular complexity index is 1150. The third kappa shape index (κ3) is 4.57. The molecule has 0 fully saturated rings. The van der Waals surface area contributed by atoms with Gasteiger partial charge in [0.2, 0.25) is 5.91 Å². The average molecular weight is 422 g/mol. The maximum atomic E-state index is 12.5. The molecular weight excluding hydrogens is 398 g/mol. The third-order valence-electron chi connectivity index (χ3n) is 4.93. The zero-order chi connectivity index (χ0) is 21.1. The smallest absolute Gasteiger partial charge is 0.257 e. The second kappa shape index (κ2) is 8.75. The van der Waals surface area contributed by atoms with E-state index in [2.05, 4.69) is 27.6 Å². The quantitative estimate of drug-likeness (QED) is 0.377. The van der Waals surface area contributed by atoms with E-state index in [-0.39, 0.29) is 11.8 Å². The maximum Gasteiger partial charge on any atom is 0.257 e. The number of rotatable bonds is 7. The van der Waals surface area contributed by atoms with Crippen LogP contribution >= 0.6 is 11.8 Å². The lowest BCUT2D eigenvalue weighted by atomic mass is 9.96. The Balaban J connectivity index is 1.40. The Morgan fingerprint density at radius 3 is 2.70 bits per heavy atom. The van der Waals surface area contributed by atoms with E-state index < -0.39 is 0 Å². The number of carbonyl (C=O) groups is 1. The van der Waals surface area contributed by atoms with Gasteiger partial charge in [-0.2, -0.15) is 0 Å². The van der Waals surface area contributed by atoms with Gasteiger partial charge in [-0.3, -0.25) is 4.79 Å². The first-order chi connectivity index (χ1) is 14.5. The number of benzene rings is 2. The number of thioether (sulfide) groups is 1. The summed E-state index contributed by atoms with van der Waals surface area (Å²) in [4.78, 5) is 17.1. The lowest BCUT2D eigenvalue weighted by Gasteiger charge is -2.11. The van der Waals surface area contributed by atoms with Crippen LogP contribution in [0.15, 0.2) is 62.7 Å². The van der Waals surface area contributed by atoms with E-state index >= 15 is 0 Å². The number of aromatic nitrogens is 2. The van der Waals surface area contributed by atoms with Gasteiger partial charge in [0.1, 0.15) is 11.3 Å². The number of nitrogens with one attached hydrogen (secondary N) is 1. The normalized spacial score (nSPS) is 12.2. The molecule has 0 aliphatic rings. The molecule has 1 amide bonds. The fraction of sp³-hybridized carbons (Fsp3) is 0.261. The van der Waals surface area contributed by atoms with E-state index in [1.54, 1.807) is 11.8 Å². The predicted octanol–water partition coefficient (Wildman–Crippen LogP) is 5.86. The summed E-state index contributed by atoms with van der Waals surface area (Å²) in [6.45, 7) is 5.77. The van der Waals surface area contributed by atoms with Gasteiger partial charge in [-0.05, 0) is 43.5 Å². The van der Waals surface area contributed by atoms with Crippen LogP contribution in [0.2, 0.25) is 0 Å². The molecular formula is C23H23N3O3S. The van der Waals surface area contributed by atoms with Crippen molar-refractivity contribution in [2.45, 2.75) is 44.1 Å². The van der Waals surface area contributed by atoms with Crippen LogP contribution in [0.4, 0.5) is 5.69 Å². The van der Waals surface area contributed by atoms with Gasteiger partial charge < -0.3 is 14.3 Å². The van der Waals surface area contributed by atoms with Crippen LogP contribution < -0.4 is 5.32 Å². The van der Waals surface area contributed by atoms with Crippen LogP contribution in [0.5, 0.6) is 0 Å². The lowest BCUT2D eigenvalue weighted by molar-refractivity contribution is -0.116. The zero-order valence-corrected chi connectivity index (χ0v) is 18.0.